The number of ether oxygens (including phenoxy) is 1. The number of hydrogen-bond acceptors (Lipinski definition) is 3. The summed E-state index contributed by atoms with van der Waals surface area (Å²) >= 11 is 6.26. The van der Waals surface area contributed by atoms with Crippen LogP contribution >= 0.6 is 11.6 Å². The summed E-state index contributed by atoms with van der Waals surface area (Å²) in [5, 5.41) is 6.09. The SMILES string of the molecule is CC(NC(=O)Nc1ccc(OCc2ccccn2)c(Cl)c1)c1ccccc1. The van der Waals surface area contributed by atoms with Crippen molar-refractivity contribution >= 4 is 23.3 Å². The van der Waals surface area contributed by atoms with Gasteiger partial charge in [0.1, 0.15) is 12.4 Å². The summed E-state index contributed by atoms with van der Waals surface area (Å²) in [6, 6.07) is 20.1. The van der Waals surface area contributed by atoms with E-state index in [9.17, 15) is 4.79 Å². The Labute approximate surface area is 163 Å². The monoisotopic (exact) mass is 381 g/mol. The van der Waals surface area contributed by atoms with Gasteiger partial charge < -0.3 is 15.4 Å². The highest BCUT2D eigenvalue weighted by Crippen LogP contribution is 2.28. The maximum Gasteiger partial charge on any atom is 0.319 e. The van der Waals surface area contributed by atoms with Gasteiger partial charge in [-0.1, -0.05) is 48.0 Å². The number of rotatable bonds is 6. The van der Waals surface area contributed by atoms with Crippen molar-refractivity contribution in [3.05, 3.63) is 89.2 Å². The van der Waals surface area contributed by atoms with Crippen LogP contribution in [0.4, 0.5) is 10.5 Å². The Morgan fingerprint density at radius 2 is 1.89 bits per heavy atom. The molecule has 27 heavy (non-hydrogen) atoms. The summed E-state index contributed by atoms with van der Waals surface area (Å²) in [6.07, 6.45) is 1.71. The van der Waals surface area contributed by atoms with Crippen LogP contribution in [0.1, 0.15) is 24.2 Å². The van der Waals surface area contributed by atoms with E-state index < -0.39 is 0 Å². The normalized spacial score (nSPS) is 11.5. The van der Waals surface area contributed by atoms with Gasteiger partial charge in [-0.15, -0.1) is 0 Å². The minimum Gasteiger partial charge on any atom is -0.486 e. The molecule has 0 bridgehead atoms. The lowest BCUT2D eigenvalue weighted by Gasteiger charge is -2.15. The first-order chi connectivity index (χ1) is 13.1. The number of carbonyl (C=O) groups is 1. The van der Waals surface area contributed by atoms with E-state index in [4.69, 9.17) is 16.3 Å². The second-order valence-electron chi connectivity index (χ2n) is 5.99. The Morgan fingerprint density at radius 3 is 2.59 bits per heavy atom. The van der Waals surface area contributed by atoms with Crippen LogP contribution in [0.5, 0.6) is 5.75 Å². The van der Waals surface area contributed by atoms with Crippen LogP contribution in [0, 0.1) is 0 Å². The van der Waals surface area contributed by atoms with Crippen LogP contribution in [-0.2, 0) is 6.61 Å². The predicted molar refractivity (Wildman–Crippen MR) is 107 cm³/mol. The Hall–Kier alpha value is -3.05. The molecule has 0 aliphatic rings. The van der Waals surface area contributed by atoms with E-state index in [-0.39, 0.29) is 12.1 Å². The van der Waals surface area contributed by atoms with Crippen molar-refractivity contribution in [1.29, 1.82) is 0 Å². The van der Waals surface area contributed by atoms with Crippen LogP contribution in [0.15, 0.2) is 72.9 Å². The summed E-state index contributed by atoms with van der Waals surface area (Å²) in [4.78, 5) is 16.4. The Balaban J connectivity index is 1.56. The molecule has 1 unspecified atom stereocenters. The Kier molecular flexibility index (Phi) is 6.28. The highest BCUT2D eigenvalue weighted by atomic mass is 35.5. The zero-order chi connectivity index (χ0) is 19.1. The van der Waals surface area contributed by atoms with Crippen LogP contribution in [-0.4, -0.2) is 11.0 Å². The van der Waals surface area contributed by atoms with E-state index in [0.717, 1.165) is 11.3 Å². The molecular formula is C21H20ClN3O2. The van der Waals surface area contributed by atoms with Gasteiger partial charge in [0.05, 0.1) is 16.8 Å². The van der Waals surface area contributed by atoms with Gasteiger partial charge in [-0.3, -0.25) is 4.98 Å². The molecule has 1 aromatic heterocycles. The number of amides is 2. The minimum absolute atomic E-state index is 0.109. The van der Waals surface area contributed by atoms with Gasteiger partial charge in [-0.2, -0.15) is 0 Å². The highest BCUT2D eigenvalue weighted by molar-refractivity contribution is 6.32. The maximum absolute atomic E-state index is 12.2. The van der Waals surface area contributed by atoms with Crippen molar-refractivity contribution in [1.82, 2.24) is 10.3 Å². The number of hydrogen-bond donors (Lipinski definition) is 2. The standard InChI is InChI=1S/C21H20ClN3O2/c1-15(16-7-3-2-4-8-16)24-21(26)25-17-10-11-20(19(22)13-17)27-14-18-9-5-6-12-23-18/h2-13,15H,14H2,1H3,(H2,24,25,26). The summed E-state index contributed by atoms with van der Waals surface area (Å²) in [7, 11) is 0. The molecule has 2 aromatic carbocycles. The molecule has 3 aromatic rings. The third-order valence-electron chi connectivity index (χ3n) is 3.94. The molecular weight excluding hydrogens is 362 g/mol. The van der Waals surface area contributed by atoms with Crippen molar-refractivity contribution in [3.8, 4) is 5.75 Å². The summed E-state index contributed by atoms with van der Waals surface area (Å²) in [5.41, 5.74) is 2.43. The Bertz CT molecular complexity index is 888. The van der Waals surface area contributed by atoms with Crippen LogP contribution in [0.2, 0.25) is 5.02 Å². The van der Waals surface area contributed by atoms with Gasteiger partial charge in [-0.25, -0.2) is 4.79 Å². The zero-order valence-electron chi connectivity index (χ0n) is 14.9. The summed E-state index contributed by atoms with van der Waals surface area (Å²) in [6.45, 7) is 2.25. The topological polar surface area (TPSA) is 63.2 Å². The van der Waals surface area contributed by atoms with Crippen molar-refractivity contribution in [2.24, 2.45) is 0 Å². The number of carbonyl (C=O) groups excluding carboxylic acids is 1. The minimum atomic E-state index is -0.301. The van der Waals surface area contributed by atoms with E-state index in [0.29, 0.717) is 23.1 Å². The number of aromatic nitrogens is 1. The van der Waals surface area contributed by atoms with Crippen LogP contribution in [0.3, 0.4) is 0 Å². The average Bonchev–Trinajstić information content (AvgIpc) is 2.68. The average molecular weight is 382 g/mol. The maximum atomic E-state index is 12.2. The molecule has 0 saturated heterocycles. The summed E-state index contributed by atoms with van der Waals surface area (Å²) < 4.78 is 5.68. The van der Waals surface area contributed by atoms with E-state index in [1.165, 1.54) is 0 Å². The van der Waals surface area contributed by atoms with E-state index >= 15 is 0 Å². The molecule has 0 radical (unpaired) electrons. The number of anilines is 1. The molecule has 0 spiro atoms. The molecule has 5 nitrogen and oxygen atoms in total. The van der Waals surface area contributed by atoms with Gasteiger partial charge in [-0.05, 0) is 42.8 Å². The molecule has 1 atom stereocenters. The number of urea groups is 1. The van der Waals surface area contributed by atoms with Crippen molar-refractivity contribution in [2.75, 3.05) is 5.32 Å². The van der Waals surface area contributed by atoms with Crippen molar-refractivity contribution < 1.29 is 9.53 Å². The second kappa shape index (κ2) is 9.05. The van der Waals surface area contributed by atoms with Crippen LogP contribution in [0.25, 0.3) is 0 Å². The number of nitrogens with one attached hydrogen (secondary N) is 2. The molecule has 0 aliphatic heterocycles. The second-order valence-corrected chi connectivity index (χ2v) is 6.39. The number of benzene rings is 2. The predicted octanol–water partition coefficient (Wildman–Crippen LogP) is 5.20. The van der Waals surface area contributed by atoms with Crippen LogP contribution < -0.4 is 15.4 Å². The lowest BCUT2D eigenvalue weighted by molar-refractivity contribution is 0.249. The summed E-state index contributed by atoms with van der Waals surface area (Å²) in [5.74, 6) is 0.533. The molecule has 3 rings (SSSR count). The number of nitrogens with zero attached hydrogens (tertiary/aromatic N) is 1. The van der Waals surface area contributed by atoms with Gasteiger partial charge in [0, 0.05) is 11.9 Å². The molecule has 138 valence electrons. The molecule has 0 aliphatic carbocycles. The lowest BCUT2D eigenvalue weighted by atomic mass is 10.1. The number of pyridine rings is 1. The third kappa shape index (κ3) is 5.46. The zero-order valence-corrected chi connectivity index (χ0v) is 15.6. The van der Waals surface area contributed by atoms with Gasteiger partial charge in [0.25, 0.3) is 0 Å². The van der Waals surface area contributed by atoms with Gasteiger partial charge >= 0.3 is 6.03 Å². The lowest BCUT2D eigenvalue weighted by Crippen LogP contribution is -2.31. The Morgan fingerprint density at radius 1 is 1.11 bits per heavy atom. The molecule has 2 amide bonds. The molecule has 6 heteroatoms. The number of halogens is 1. The van der Waals surface area contributed by atoms with Gasteiger partial charge in [0.15, 0.2) is 0 Å². The first kappa shape index (κ1) is 18.7. The highest BCUT2D eigenvalue weighted by Gasteiger charge is 2.10. The van der Waals surface area contributed by atoms with E-state index in [1.807, 2.05) is 55.5 Å². The van der Waals surface area contributed by atoms with E-state index in [2.05, 4.69) is 15.6 Å². The van der Waals surface area contributed by atoms with E-state index in [1.54, 1.807) is 24.4 Å². The fourth-order valence-corrected chi connectivity index (χ4v) is 2.75. The fourth-order valence-electron chi connectivity index (χ4n) is 2.52. The quantitative estimate of drug-likeness (QED) is 0.617. The van der Waals surface area contributed by atoms with Crippen molar-refractivity contribution in [2.45, 2.75) is 19.6 Å². The molecule has 2 N–H and O–H groups in total. The van der Waals surface area contributed by atoms with Gasteiger partial charge in [0.2, 0.25) is 0 Å². The molecule has 0 fully saturated rings. The molecule has 1 heterocycles. The largest absolute Gasteiger partial charge is 0.486 e. The van der Waals surface area contributed by atoms with Crippen molar-refractivity contribution in [3.63, 3.8) is 0 Å². The fraction of sp³-hybridized carbons (Fsp3) is 0.143. The molecule has 0 saturated carbocycles. The smallest absolute Gasteiger partial charge is 0.319 e. The third-order valence-corrected chi connectivity index (χ3v) is 4.23. The first-order valence-corrected chi connectivity index (χ1v) is 8.94. The first-order valence-electron chi connectivity index (χ1n) is 8.56.